The quantitative estimate of drug-likeness (QED) is 0.898. The van der Waals surface area contributed by atoms with Gasteiger partial charge in [-0.25, -0.2) is 0 Å². The second kappa shape index (κ2) is 6.38. The van der Waals surface area contributed by atoms with Gasteiger partial charge in [0.05, 0.1) is 12.0 Å². The Hall–Kier alpha value is -2.04. The molecule has 1 saturated heterocycles. The summed E-state index contributed by atoms with van der Waals surface area (Å²) in [6.07, 6.45) is 0.963. The maximum atomic E-state index is 12.6. The maximum Gasteiger partial charge on any atom is 0.232 e. The molecule has 5 nitrogen and oxygen atoms in total. The van der Waals surface area contributed by atoms with Crippen molar-refractivity contribution in [1.29, 1.82) is 0 Å². The van der Waals surface area contributed by atoms with Crippen molar-refractivity contribution in [3.05, 3.63) is 23.3 Å². The Balaban J connectivity index is 2.15. The number of carbonyl (C=O) groups is 2. The fraction of sp³-hybridized carbons (Fsp3) is 0.529. The Labute approximate surface area is 131 Å². The van der Waals surface area contributed by atoms with Crippen LogP contribution in [0.25, 0.3) is 0 Å². The average Bonchev–Trinajstić information content (AvgIpc) is 2.47. The van der Waals surface area contributed by atoms with E-state index in [9.17, 15) is 9.59 Å². The molecule has 1 fully saturated rings. The minimum absolute atomic E-state index is 0.0124. The standard InChI is InChI=1S/C17H24N2O3/c1-5-22-14-9-11(2)13(8-12(14)3)19-16(21)17(4)7-6-15(20)18-10-17/h8-9H,5-7,10H2,1-4H3,(H,18,20)(H,19,21). The van der Waals surface area contributed by atoms with E-state index in [-0.39, 0.29) is 11.8 Å². The molecule has 0 radical (unpaired) electrons. The number of nitrogens with one attached hydrogen (secondary N) is 2. The number of amides is 2. The topological polar surface area (TPSA) is 67.4 Å². The molecule has 0 spiro atoms. The van der Waals surface area contributed by atoms with E-state index in [2.05, 4.69) is 10.6 Å². The molecule has 1 aromatic carbocycles. The number of anilines is 1. The minimum atomic E-state index is -0.563. The van der Waals surface area contributed by atoms with Crippen molar-refractivity contribution in [3.63, 3.8) is 0 Å². The lowest BCUT2D eigenvalue weighted by atomic mass is 9.81. The van der Waals surface area contributed by atoms with Gasteiger partial charge in [-0.15, -0.1) is 0 Å². The summed E-state index contributed by atoms with van der Waals surface area (Å²) in [6.45, 7) is 8.74. The summed E-state index contributed by atoms with van der Waals surface area (Å²) < 4.78 is 5.57. The highest BCUT2D eigenvalue weighted by Crippen LogP contribution is 2.30. The lowest BCUT2D eigenvalue weighted by Crippen LogP contribution is -2.48. The number of hydrogen-bond acceptors (Lipinski definition) is 3. The summed E-state index contributed by atoms with van der Waals surface area (Å²) in [5.41, 5.74) is 2.19. The molecule has 2 N–H and O–H groups in total. The molecule has 1 aliphatic heterocycles. The molecule has 1 heterocycles. The minimum Gasteiger partial charge on any atom is -0.494 e. The maximum absolute atomic E-state index is 12.6. The second-order valence-electron chi connectivity index (χ2n) is 6.16. The van der Waals surface area contributed by atoms with Gasteiger partial charge >= 0.3 is 0 Å². The van der Waals surface area contributed by atoms with Crippen LogP contribution >= 0.6 is 0 Å². The van der Waals surface area contributed by atoms with E-state index in [0.29, 0.717) is 26.0 Å². The van der Waals surface area contributed by atoms with Crippen LogP contribution in [0.1, 0.15) is 37.8 Å². The Kier molecular flexibility index (Phi) is 4.74. The number of piperidine rings is 1. The SMILES string of the molecule is CCOc1cc(C)c(NC(=O)C2(C)CCC(=O)NC2)cc1C. The molecule has 120 valence electrons. The molecule has 1 unspecified atom stereocenters. The van der Waals surface area contributed by atoms with Crippen LogP contribution in [-0.4, -0.2) is 25.0 Å². The number of rotatable bonds is 4. The van der Waals surface area contributed by atoms with Gasteiger partial charge in [0, 0.05) is 18.7 Å². The Morgan fingerprint density at radius 2 is 2.09 bits per heavy atom. The van der Waals surface area contributed by atoms with E-state index in [1.54, 1.807) is 0 Å². The highest BCUT2D eigenvalue weighted by molar-refractivity contribution is 5.97. The second-order valence-corrected chi connectivity index (χ2v) is 6.16. The predicted molar refractivity (Wildman–Crippen MR) is 86.1 cm³/mol. The molecule has 2 amide bonds. The van der Waals surface area contributed by atoms with E-state index in [1.807, 2.05) is 39.8 Å². The third kappa shape index (κ3) is 3.40. The zero-order valence-corrected chi connectivity index (χ0v) is 13.7. The van der Waals surface area contributed by atoms with Gasteiger partial charge in [0.25, 0.3) is 0 Å². The molecule has 1 aromatic rings. The summed E-state index contributed by atoms with van der Waals surface area (Å²) in [4.78, 5) is 23.8. The van der Waals surface area contributed by atoms with Gasteiger partial charge in [0.15, 0.2) is 0 Å². The predicted octanol–water partition coefficient (Wildman–Crippen LogP) is 2.56. The van der Waals surface area contributed by atoms with Crippen LogP contribution in [0.2, 0.25) is 0 Å². The van der Waals surface area contributed by atoms with Crippen LogP contribution < -0.4 is 15.4 Å². The van der Waals surface area contributed by atoms with Crippen molar-refractivity contribution in [2.75, 3.05) is 18.5 Å². The van der Waals surface area contributed by atoms with E-state index < -0.39 is 5.41 Å². The van der Waals surface area contributed by atoms with Crippen LogP contribution in [0.5, 0.6) is 5.75 Å². The summed E-state index contributed by atoms with van der Waals surface area (Å²) in [7, 11) is 0. The Morgan fingerprint density at radius 1 is 1.36 bits per heavy atom. The number of ether oxygens (including phenoxy) is 1. The molecule has 0 saturated carbocycles. The summed E-state index contributed by atoms with van der Waals surface area (Å²) in [6, 6.07) is 3.88. The lowest BCUT2D eigenvalue weighted by Gasteiger charge is -2.32. The van der Waals surface area contributed by atoms with Gasteiger partial charge in [-0.05, 0) is 57.4 Å². The van der Waals surface area contributed by atoms with Crippen molar-refractivity contribution in [1.82, 2.24) is 5.32 Å². The number of carbonyl (C=O) groups excluding carboxylic acids is 2. The fourth-order valence-electron chi connectivity index (χ4n) is 2.56. The Bertz CT molecular complexity index is 586. The third-order valence-electron chi connectivity index (χ3n) is 4.20. The van der Waals surface area contributed by atoms with Crippen LogP contribution in [0.4, 0.5) is 5.69 Å². The molecule has 0 aliphatic carbocycles. The smallest absolute Gasteiger partial charge is 0.232 e. The fourth-order valence-corrected chi connectivity index (χ4v) is 2.56. The largest absolute Gasteiger partial charge is 0.494 e. The zero-order valence-electron chi connectivity index (χ0n) is 13.7. The van der Waals surface area contributed by atoms with Crippen molar-refractivity contribution in [3.8, 4) is 5.75 Å². The van der Waals surface area contributed by atoms with Crippen LogP contribution in [-0.2, 0) is 9.59 Å². The number of aryl methyl sites for hydroxylation is 2. The van der Waals surface area contributed by atoms with Gasteiger partial charge in [-0.2, -0.15) is 0 Å². The molecule has 1 aliphatic rings. The molecule has 0 bridgehead atoms. The van der Waals surface area contributed by atoms with E-state index in [4.69, 9.17) is 4.74 Å². The average molecular weight is 304 g/mol. The van der Waals surface area contributed by atoms with Gasteiger partial charge in [-0.3, -0.25) is 9.59 Å². The van der Waals surface area contributed by atoms with Crippen molar-refractivity contribution in [2.45, 2.75) is 40.5 Å². The van der Waals surface area contributed by atoms with Crippen LogP contribution in [0, 0.1) is 19.3 Å². The van der Waals surface area contributed by atoms with E-state index >= 15 is 0 Å². The van der Waals surface area contributed by atoms with Gasteiger partial charge in [0.1, 0.15) is 5.75 Å². The van der Waals surface area contributed by atoms with Gasteiger partial charge in [0.2, 0.25) is 11.8 Å². The first-order valence-electron chi connectivity index (χ1n) is 7.68. The van der Waals surface area contributed by atoms with E-state index in [1.165, 1.54) is 0 Å². The van der Waals surface area contributed by atoms with Crippen LogP contribution in [0.3, 0.4) is 0 Å². The van der Waals surface area contributed by atoms with Crippen molar-refractivity contribution in [2.24, 2.45) is 5.41 Å². The van der Waals surface area contributed by atoms with Gasteiger partial charge < -0.3 is 15.4 Å². The summed E-state index contributed by atoms with van der Waals surface area (Å²) in [5.74, 6) is 0.798. The molecule has 1 atom stereocenters. The highest BCUT2D eigenvalue weighted by Gasteiger charge is 2.37. The first-order chi connectivity index (χ1) is 10.4. The first kappa shape index (κ1) is 16.3. The molecule has 22 heavy (non-hydrogen) atoms. The number of benzene rings is 1. The van der Waals surface area contributed by atoms with Crippen LogP contribution in [0.15, 0.2) is 12.1 Å². The lowest BCUT2D eigenvalue weighted by molar-refractivity contribution is -0.130. The van der Waals surface area contributed by atoms with Crippen molar-refractivity contribution < 1.29 is 14.3 Å². The third-order valence-corrected chi connectivity index (χ3v) is 4.20. The molecule has 5 heteroatoms. The normalized spacial score (nSPS) is 21.2. The Morgan fingerprint density at radius 3 is 2.68 bits per heavy atom. The zero-order chi connectivity index (χ0) is 16.3. The van der Waals surface area contributed by atoms with Gasteiger partial charge in [-0.1, -0.05) is 0 Å². The van der Waals surface area contributed by atoms with Crippen molar-refractivity contribution >= 4 is 17.5 Å². The molecule has 0 aromatic heterocycles. The summed E-state index contributed by atoms with van der Waals surface area (Å²) >= 11 is 0. The van der Waals surface area contributed by atoms with E-state index in [0.717, 1.165) is 22.6 Å². The number of hydrogen-bond donors (Lipinski definition) is 2. The highest BCUT2D eigenvalue weighted by atomic mass is 16.5. The first-order valence-corrected chi connectivity index (χ1v) is 7.68. The molecular formula is C17H24N2O3. The molecule has 2 rings (SSSR count). The summed E-state index contributed by atoms with van der Waals surface area (Å²) in [5, 5.41) is 5.77. The molecular weight excluding hydrogens is 280 g/mol. The monoisotopic (exact) mass is 304 g/mol.